The molecule has 0 atom stereocenters. The van der Waals surface area contributed by atoms with Gasteiger partial charge in [-0.05, 0) is 24.5 Å². The Morgan fingerprint density at radius 1 is 0.426 bits per heavy atom. The van der Waals surface area contributed by atoms with Gasteiger partial charge in [0.2, 0.25) is 0 Å². The predicted molar refractivity (Wildman–Crippen MR) is 201 cm³/mol. The fraction of sp³-hybridized carbons (Fsp3) is 0.800. The maximum atomic E-state index is 4.36. The van der Waals surface area contributed by atoms with Crippen molar-refractivity contribution in [1.82, 2.24) is 19.9 Å². The number of nitrogens with zero attached hydrogens (tertiary/aromatic N) is 6. The van der Waals surface area contributed by atoms with Crippen molar-refractivity contribution >= 4 is 12.4 Å². The summed E-state index contributed by atoms with van der Waals surface area (Å²) in [6, 6.07) is 0. The van der Waals surface area contributed by atoms with Gasteiger partial charge in [-0.3, -0.25) is 9.98 Å². The summed E-state index contributed by atoms with van der Waals surface area (Å²) in [7, 11) is 0. The first-order chi connectivity index (χ1) is 22.9. The molecule has 2 heterocycles. The number of hydrogen-bond donors (Lipinski definition) is 0. The molecule has 2 aromatic rings. The van der Waals surface area contributed by atoms with Crippen LogP contribution in [0.5, 0.6) is 0 Å². The van der Waals surface area contributed by atoms with Crippen LogP contribution in [0.2, 0.25) is 0 Å². The standard InChI is InChI=1S/2C20H36N3.Pt/c2*1-2-3-4-5-6-7-8-9-10-11-12-13-14-15-16-21-19-20-22-17-18-23-20;/h2*17-19H,2-16H2,1H3;/q2*-1;+2. The SMILES string of the molecule is CCCCCCCCCCCCCCCCN=Cc1ncc[n-]1.CCCCCCCCCCCCCCCCN=Cc1ncc[n-]1.[Pt+2]. The minimum atomic E-state index is 0. The van der Waals surface area contributed by atoms with E-state index in [9.17, 15) is 0 Å². The zero-order chi connectivity index (χ0) is 32.9. The molecule has 0 aliphatic heterocycles. The molecule has 0 saturated carbocycles. The minimum absolute atomic E-state index is 0. The van der Waals surface area contributed by atoms with Gasteiger partial charge in [0.1, 0.15) is 0 Å². The van der Waals surface area contributed by atoms with Crippen LogP contribution in [-0.4, -0.2) is 35.5 Å². The van der Waals surface area contributed by atoms with E-state index in [1.807, 2.05) is 0 Å². The smallest absolute Gasteiger partial charge is 0.442 e. The van der Waals surface area contributed by atoms with E-state index in [1.54, 1.807) is 37.2 Å². The Morgan fingerprint density at radius 2 is 0.681 bits per heavy atom. The van der Waals surface area contributed by atoms with Gasteiger partial charge in [-0.25, -0.2) is 0 Å². The molecule has 0 unspecified atom stereocenters. The van der Waals surface area contributed by atoms with Crippen molar-refractivity contribution in [2.24, 2.45) is 9.98 Å². The first-order valence-electron chi connectivity index (χ1n) is 19.7. The number of imidazole rings is 2. The summed E-state index contributed by atoms with van der Waals surface area (Å²) in [5, 5.41) is 0. The van der Waals surface area contributed by atoms with E-state index in [0.717, 1.165) is 24.7 Å². The summed E-state index contributed by atoms with van der Waals surface area (Å²) in [6.45, 7) is 6.39. The fourth-order valence-corrected chi connectivity index (χ4v) is 5.73. The summed E-state index contributed by atoms with van der Waals surface area (Å²) in [6.07, 6.45) is 49.5. The molecule has 6 nitrogen and oxygen atoms in total. The Bertz CT molecular complexity index is 793. The monoisotopic (exact) mass is 832 g/mol. The third-order valence-corrected chi connectivity index (χ3v) is 8.66. The number of rotatable bonds is 32. The van der Waals surface area contributed by atoms with Crippen molar-refractivity contribution in [3.05, 3.63) is 36.4 Å². The second-order valence-electron chi connectivity index (χ2n) is 13.1. The molecule has 2 aromatic heterocycles. The van der Waals surface area contributed by atoms with Crippen LogP contribution >= 0.6 is 0 Å². The van der Waals surface area contributed by atoms with E-state index in [0.29, 0.717) is 0 Å². The number of hydrogen-bond acceptors (Lipinski definition) is 4. The van der Waals surface area contributed by atoms with Gasteiger partial charge >= 0.3 is 21.1 Å². The van der Waals surface area contributed by atoms with E-state index in [4.69, 9.17) is 0 Å². The molecule has 0 bridgehead atoms. The van der Waals surface area contributed by atoms with Crippen LogP contribution in [0.4, 0.5) is 0 Å². The molecule has 0 aliphatic rings. The quantitative estimate of drug-likeness (QED) is 0.0543. The summed E-state index contributed by atoms with van der Waals surface area (Å²) in [5.74, 6) is 1.46. The van der Waals surface area contributed by atoms with Crippen LogP contribution in [0.1, 0.15) is 205 Å². The molecule has 2 rings (SSSR count). The molecule has 0 N–H and O–H groups in total. The Morgan fingerprint density at radius 3 is 0.915 bits per heavy atom. The molecule has 0 fully saturated rings. The maximum absolute atomic E-state index is 4.36. The largest absolute Gasteiger partial charge is 2.00 e. The van der Waals surface area contributed by atoms with Crippen molar-refractivity contribution < 1.29 is 21.1 Å². The average Bonchev–Trinajstić information content (AvgIpc) is 3.80. The van der Waals surface area contributed by atoms with Crippen LogP contribution in [0.25, 0.3) is 0 Å². The first kappa shape index (κ1) is 45.4. The van der Waals surface area contributed by atoms with Crippen LogP contribution < -0.4 is 9.97 Å². The van der Waals surface area contributed by atoms with Gasteiger partial charge in [0.15, 0.2) is 0 Å². The molecule has 0 amide bonds. The van der Waals surface area contributed by atoms with Gasteiger partial charge in [-0.15, -0.1) is 0 Å². The third-order valence-electron chi connectivity index (χ3n) is 8.66. The van der Waals surface area contributed by atoms with E-state index in [-0.39, 0.29) is 21.1 Å². The normalized spacial score (nSPS) is 11.3. The molecule has 0 saturated heterocycles. The van der Waals surface area contributed by atoms with Gasteiger partial charge in [-0.2, -0.15) is 0 Å². The third kappa shape index (κ3) is 34.1. The average molecular weight is 832 g/mol. The maximum Gasteiger partial charge on any atom is 2.00 e. The zero-order valence-corrected chi connectivity index (χ0v) is 32.9. The van der Waals surface area contributed by atoms with Gasteiger partial charge in [0.25, 0.3) is 0 Å². The summed E-state index contributed by atoms with van der Waals surface area (Å²) >= 11 is 0. The Kier molecular flexibility index (Phi) is 37.6. The van der Waals surface area contributed by atoms with Crippen molar-refractivity contribution in [2.45, 2.75) is 194 Å². The zero-order valence-electron chi connectivity index (χ0n) is 30.7. The summed E-state index contributed by atoms with van der Waals surface area (Å²) in [5.41, 5.74) is 0. The van der Waals surface area contributed by atoms with Crippen LogP contribution in [-0.2, 0) is 21.1 Å². The molecule has 0 radical (unpaired) electrons. The van der Waals surface area contributed by atoms with Crippen LogP contribution in [0, 0.1) is 0 Å². The van der Waals surface area contributed by atoms with Crippen molar-refractivity contribution in [2.75, 3.05) is 13.1 Å². The van der Waals surface area contributed by atoms with Gasteiger partial charge < -0.3 is 19.9 Å². The fourth-order valence-electron chi connectivity index (χ4n) is 5.73. The molecular formula is C40H72N6Pt. The number of unbranched alkanes of at least 4 members (excludes halogenated alkanes) is 26. The predicted octanol–water partition coefficient (Wildman–Crippen LogP) is 11.9. The summed E-state index contributed by atoms with van der Waals surface area (Å²) < 4.78 is 0. The van der Waals surface area contributed by atoms with Gasteiger partial charge in [0, 0.05) is 25.5 Å². The van der Waals surface area contributed by atoms with Crippen LogP contribution in [0.15, 0.2) is 34.8 Å². The minimum Gasteiger partial charge on any atom is -0.442 e. The second-order valence-corrected chi connectivity index (χ2v) is 13.1. The molecule has 0 aliphatic carbocycles. The Balaban J connectivity index is 0.000000882. The van der Waals surface area contributed by atoms with Crippen molar-refractivity contribution in [1.29, 1.82) is 0 Å². The molecule has 0 aromatic carbocycles. The van der Waals surface area contributed by atoms with Gasteiger partial charge in [0.05, 0.1) is 0 Å². The van der Waals surface area contributed by atoms with Crippen molar-refractivity contribution in [3.63, 3.8) is 0 Å². The van der Waals surface area contributed by atoms with Crippen molar-refractivity contribution in [3.8, 4) is 0 Å². The molecule has 47 heavy (non-hydrogen) atoms. The van der Waals surface area contributed by atoms with E-state index in [1.165, 1.54) is 180 Å². The molecule has 7 heteroatoms. The Hall–Kier alpha value is -1.55. The molecule has 272 valence electrons. The summed E-state index contributed by atoms with van der Waals surface area (Å²) in [4.78, 5) is 25.0. The molecule has 0 spiro atoms. The topological polar surface area (TPSA) is 78.7 Å². The number of aromatic nitrogens is 4. The second kappa shape index (κ2) is 38.9. The van der Waals surface area contributed by atoms with Gasteiger partial charge in [-0.1, -0.05) is 206 Å². The first-order valence-corrected chi connectivity index (χ1v) is 19.7. The van der Waals surface area contributed by atoms with E-state index < -0.39 is 0 Å². The van der Waals surface area contributed by atoms with Crippen LogP contribution in [0.3, 0.4) is 0 Å². The number of aliphatic imine (C=N–C) groups is 2. The molecular weight excluding hydrogens is 760 g/mol. The van der Waals surface area contributed by atoms with E-state index >= 15 is 0 Å². The van der Waals surface area contributed by atoms with E-state index in [2.05, 4.69) is 43.8 Å². The Labute approximate surface area is 305 Å².